The van der Waals surface area contributed by atoms with Crippen molar-refractivity contribution in [3.8, 4) is 0 Å². The van der Waals surface area contributed by atoms with Gasteiger partial charge in [0.1, 0.15) is 0 Å². The number of primary sulfonamides is 1. The fourth-order valence-electron chi connectivity index (χ4n) is 1.00. The zero-order valence-electron chi connectivity index (χ0n) is 8.57. The molecule has 7 nitrogen and oxygen atoms in total. The van der Waals surface area contributed by atoms with Crippen molar-refractivity contribution in [2.75, 3.05) is 23.0 Å². The van der Waals surface area contributed by atoms with E-state index >= 15 is 0 Å². The lowest BCUT2D eigenvalue weighted by Crippen LogP contribution is -2.23. The highest BCUT2D eigenvalue weighted by Gasteiger charge is 2.11. The number of rotatable bonds is 5. The van der Waals surface area contributed by atoms with E-state index in [1.54, 1.807) is 0 Å². The van der Waals surface area contributed by atoms with Crippen LogP contribution in [0.15, 0.2) is 6.07 Å². The summed E-state index contributed by atoms with van der Waals surface area (Å²) in [4.78, 5) is 3.48. The number of halogens is 2. The van der Waals surface area contributed by atoms with E-state index in [-0.39, 0.29) is 18.2 Å². The van der Waals surface area contributed by atoms with Crippen molar-refractivity contribution in [1.82, 2.24) is 4.98 Å². The lowest BCUT2D eigenvalue weighted by molar-refractivity contribution is 0.577. The third-order valence-electron chi connectivity index (χ3n) is 1.75. The first kappa shape index (κ1) is 13.5. The Bertz CT molecular complexity index is 507. The molecule has 6 N–H and O–H groups in total. The number of nitrogens with one attached hydrogen (secondary N) is 2. The highest BCUT2D eigenvalue weighted by molar-refractivity contribution is 7.89. The Balaban J connectivity index is 2.77. The number of pyridine rings is 1. The molecule has 1 aromatic rings. The summed E-state index contributed by atoms with van der Waals surface area (Å²) in [6.07, 6.45) is 0. The van der Waals surface area contributed by atoms with E-state index in [0.29, 0.717) is 6.07 Å². The van der Waals surface area contributed by atoms with Crippen molar-refractivity contribution in [3.63, 3.8) is 0 Å². The van der Waals surface area contributed by atoms with Gasteiger partial charge in [-0.05, 0) is 0 Å². The van der Waals surface area contributed by atoms with Crippen molar-refractivity contribution in [2.45, 2.75) is 0 Å². The van der Waals surface area contributed by atoms with Crippen LogP contribution in [0.4, 0.5) is 20.4 Å². The molecular weight excluding hydrogens is 256 g/mol. The van der Waals surface area contributed by atoms with Crippen LogP contribution in [0.2, 0.25) is 0 Å². The molecule has 1 rings (SSSR count). The van der Waals surface area contributed by atoms with Crippen molar-refractivity contribution in [1.29, 1.82) is 0 Å². The monoisotopic (exact) mass is 267 g/mol. The Morgan fingerprint density at radius 2 is 1.88 bits per heavy atom. The molecule has 0 aromatic carbocycles. The van der Waals surface area contributed by atoms with Gasteiger partial charge in [-0.3, -0.25) is 0 Å². The Hall–Kier alpha value is -1.52. The molecule has 0 aliphatic rings. The molecule has 0 saturated carbocycles. The zero-order chi connectivity index (χ0) is 13.1. The van der Waals surface area contributed by atoms with Gasteiger partial charge in [0.2, 0.25) is 10.0 Å². The van der Waals surface area contributed by atoms with Crippen molar-refractivity contribution >= 4 is 21.7 Å². The first-order valence-electron chi connectivity index (χ1n) is 4.40. The van der Waals surface area contributed by atoms with Crippen LogP contribution in [0, 0.1) is 11.6 Å². The molecule has 0 bridgehead atoms. The van der Waals surface area contributed by atoms with Gasteiger partial charge in [-0.2, -0.15) is 0 Å². The van der Waals surface area contributed by atoms with E-state index < -0.39 is 27.4 Å². The SMILES string of the molecule is NNc1nc(NCCS(N)(=O)=O)c(F)cc1F. The number of hydrogen-bond acceptors (Lipinski definition) is 6. The fourth-order valence-corrected chi connectivity index (χ4v) is 1.39. The van der Waals surface area contributed by atoms with Crippen LogP contribution in [0.5, 0.6) is 0 Å². The third kappa shape index (κ3) is 4.09. The average Bonchev–Trinajstić information content (AvgIpc) is 2.19. The summed E-state index contributed by atoms with van der Waals surface area (Å²) in [6, 6.07) is 0.571. The van der Waals surface area contributed by atoms with Crippen LogP contribution in [0.1, 0.15) is 0 Å². The minimum absolute atomic E-state index is 0.154. The number of aromatic nitrogens is 1. The molecule has 0 aliphatic carbocycles. The molecule has 0 spiro atoms. The lowest BCUT2D eigenvalue weighted by Gasteiger charge is -2.08. The molecule has 0 aliphatic heterocycles. The van der Waals surface area contributed by atoms with Gasteiger partial charge in [-0.15, -0.1) is 0 Å². The van der Waals surface area contributed by atoms with Crippen LogP contribution in [-0.4, -0.2) is 25.7 Å². The van der Waals surface area contributed by atoms with Crippen molar-refractivity contribution in [2.24, 2.45) is 11.0 Å². The quantitative estimate of drug-likeness (QED) is 0.415. The molecule has 0 fully saturated rings. The number of nitrogen functional groups attached to an aromatic ring is 1. The highest BCUT2D eigenvalue weighted by atomic mass is 32.2. The van der Waals surface area contributed by atoms with Gasteiger partial charge in [0.05, 0.1) is 5.75 Å². The van der Waals surface area contributed by atoms with E-state index in [0.717, 1.165) is 0 Å². The summed E-state index contributed by atoms with van der Waals surface area (Å²) in [5.74, 6) is 1.95. The van der Waals surface area contributed by atoms with E-state index in [2.05, 4.69) is 10.3 Å². The minimum atomic E-state index is -3.66. The fraction of sp³-hybridized carbons (Fsp3) is 0.286. The molecule has 0 saturated heterocycles. The predicted molar refractivity (Wildman–Crippen MR) is 58.4 cm³/mol. The number of anilines is 2. The Labute approximate surface area is 96.2 Å². The molecule has 17 heavy (non-hydrogen) atoms. The minimum Gasteiger partial charge on any atom is -0.366 e. The smallest absolute Gasteiger partial charge is 0.210 e. The van der Waals surface area contributed by atoms with E-state index in [1.807, 2.05) is 5.43 Å². The van der Waals surface area contributed by atoms with E-state index in [4.69, 9.17) is 11.0 Å². The van der Waals surface area contributed by atoms with Crippen LogP contribution < -0.4 is 21.7 Å². The second-order valence-corrected chi connectivity index (χ2v) is 4.82. The third-order valence-corrected chi connectivity index (χ3v) is 2.52. The van der Waals surface area contributed by atoms with Crippen LogP contribution in [-0.2, 0) is 10.0 Å². The van der Waals surface area contributed by atoms with E-state index in [9.17, 15) is 17.2 Å². The van der Waals surface area contributed by atoms with Crippen molar-refractivity contribution < 1.29 is 17.2 Å². The van der Waals surface area contributed by atoms with Gasteiger partial charge >= 0.3 is 0 Å². The first-order valence-corrected chi connectivity index (χ1v) is 6.12. The maximum Gasteiger partial charge on any atom is 0.210 e. The summed E-state index contributed by atoms with van der Waals surface area (Å²) in [6.45, 7) is -0.154. The summed E-state index contributed by atoms with van der Waals surface area (Å²) in [5.41, 5.74) is 1.93. The summed E-state index contributed by atoms with van der Waals surface area (Å²) >= 11 is 0. The Morgan fingerprint density at radius 1 is 1.29 bits per heavy atom. The van der Waals surface area contributed by atoms with Gasteiger partial charge in [0.15, 0.2) is 23.3 Å². The summed E-state index contributed by atoms with van der Waals surface area (Å²) in [7, 11) is -3.66. The second-order valence-electron chi connectivity index (χ2n) is 3.09. The lowest BCUT2D eigenvalue weighted by atomic mass is 10.4. The molecule has 1 aromatic heterocycles. The molecule has 96 valence electrons. The van der Waals surface area contributed by atoms with Crippen molar-refractivity contribution in [3.05, 3.63) is 17.7 Å². The molecule has 1 heterocycles. The summed E-state index contributed by atoms with van der Waals surface area (Å²) < 4.78 is 47.4. The molecular formula is C7H11F2N5O2S. The van der Waals surface area contributed by atoms with Gasteiger partial charge in [0.25, 0.3) is 0 Å². The topological polar surface area (TPSA) is 123 Å². The van der Waals surface area contributed by atoms with Crippen LogP contribution >= 0.6 is 0 Å². The average molecular weight is 267 g/mol. The standard InChI is InChI=1S/C7H11F2N5O2S/c8-4-3-5(9)7(14-10)13-6(4)12-1-2-17(11,15)16/h3H,1-2,10H2,(H2,11,15,16)(H2,12,13,14). The molecule has 0 radical (unpaired) electrons. The van der Waals surface area contributed by atoms with Crippen LogP contribution in [0.25, 0.3) is 0 Å². The number of hydrogen-bond donors (Lipinski definition) is 4. The number of nitrogens with zero attached hydrogens (tertiary/aromatic N) is 1. The molecule has 0 amide bonds. The van der Waals surface area contributed by atoms with Gasteiger partial charge in [-0.1, -0.05) is 0 Å². The Kier molecular flexibility index (Phi) is 4.15. The maximum absolute atomic E-state index is 13.2. The highest BCUT2D eigenvalue weighted by Crippen LogP contribution is 2.17. The van der Waals surface area contributed by atoms with E-state index in [1.165, 1.54) is 0 Å². The number of nitrogens with two attached hydrogens (primary N) is 2. The molecule has 10 heteroatoms. The van der Waals surface area contributed by atoms with Gasteiger partial charge in [0, 0.05) is 12.6 Å². The van der Waals surface area contributed by atoms with Crippen LogP contribution in [0.3, 0.4) is 0 Å². The number of hydrazine groups is 1. The largest absolute Gasteiger partial charge is 0.366 e. The second kappa shape index (κ2) is 5.21. The number of sulfonamides is 1. The van der Waals surface area contributed by atoms with Gasteiger partial charge in [-0.25, -0.2) is 33.2 Å². The normalized spacial score (nSPS) is 11.3. The zero-order valence-corrected chi connectivity index (χ0v) is 9.39. The predicted octanol–water partition coefficient (Wildman–Crippen LogP) is -0.654. The molecule has 0 unspecified atom stereocenters. The van der Waals surface area contributed by atoms with Gasteiger partial charge < -0.3 is 10.7 Å². The first-order chi connectivity index (χ1) is 7.83. The Morgan fingerprint density at radius 3 is 2.41 bits per heavy atom. The molecule has 0 atom stereocenters. The summed E-state index contributed by atoms with van der Waals surface area (Å²) in [5, 5.41) is 7.11. The maximum atomic E-state index is 13.2.